The number of amides is 5. The van der Waals surface area contributed by atoms with Crippen LogP contribution in [0.5, 0.6) is 0 Å². The van der Waals surface area contributed by atoms with E-state index in [-0.39, 0.29) is 69.3 Å². The van der Waals surface area contributed by atoms with Crippen LogP contribution >= 0.6 is 0 Å². The zero-order valence-electron chi connectivity index (χ0n) is 41.2. The Bertz CT molecular complexity index is 2240. The third-order valence-corrected chi connectivity index (χ3v) is 12.5. The predicted octanol–water partition coefficient (Wildman–Crippen LogP) is 3.43. The van der Waals surface area contributed by atoms with Crippen LogP contribution in [0.25, 0.3) is 11.1 Å². The van der Waals surface area contributed by atoms with Crippen molar-refractivity contribution in [1.82, 2.24) is 26.6 Å². The number of aliphatic imine (C=N–C) groups is 2. The lowest BCUT2D eigenvalue weighted by Gasteiger charge is -2.30. The second kappa shape index (κ2) is 27.7. The number of benzene rings is 3. The summed E-state index contributed by atoms with van der Waals surface area (Å²) < 4.78 is 11.4. The van der Waals surface area contributed by atoms with Gasteiger partial charge in [0.05, 0.1) is 0 Å². The van der Waals surface area contributed by atoms with Gasteiger partial charge in [0.15, 0.2) is 11.9 Å². The Labute approximate surface area is 411 Å². The highest BCUT2D eigenvalue weighted by Crippen LogP contribution is 2.44. The molecule has 0 fully saturated rings. The van der Waals surface area contributed by atoms with Gasteiger partial charge in [-0.05, 0) is 71.3 Å². The first-order valence-electron chi connectivity index (χ1n) is 24.1. The Balaban J connectivity index is 1.49. The van der Waals surface area contributed by atoms with Crippen LogP contribution in [-0.4, -0.2) is 97.5 Å². The number of nitrogens with one attached hydrogen (secondary N) is 5. The third-order valence-electron chi connectivity index (χ3n) is 12.5. The number of rotatable bonds is 27. The SMILES string of the molecule is CCC(C)C(NC(=O)C(CCCN=C(N)N)NC(=O)OCC1c2ccccc2-c2ccccc21)C(=O)NC(C(=O)NC(CCCN=C(N)N)C(=O)NC(C(=O)OCc1ccccc1)C(C)CC)C(C)C. The molecule has 70 heavy (non-hydrogen) atoms. The van der Waals surface area contributed by atoms with Gasteiger partial charge in [0.1, 0.15) is 43.4 Å². The quantitative estimate of drug-likeness (QED) is 0.0230. The van der Waals surface area contributed by atoms with Crippen molar-refractivity contribution in [3.8, 4) is 11.1 Å². The molecule has 3 aromatic rings. The minimum absolute atomic E-state index is 0.00415. The molecule has 0 aliphatic heterocycles. The molecular weight excluding hydrogens is 895 g/mol. The van der Waals surface area contributed by atoms with E-state index in [1.54, 1.807) is 20.8 Å². The van der Waals surface area contributed by atoms with E-state index in [2.05, 4.69) is 36.6 Å². The number of ether oxygens (including phenoxy) is 2. The average molecular weight is 968 g/mol. The molecule has 19 nitrogen and oxygen atoms in total. The van der Waals surface area contributed by atoms with Gasteiger partial charge < -0.3 is 59.0 Å². The van der Waals surface area contributed by atoms with Crippen LogP contribution in [0.4, 0.5) is 4.79 Å². The normalized spacial score (nSPS) is 14.7. The Morgan fingerprint density at radius 1 is 0.557 bits per heavy atom. The number of hydrogen-bond donors (Lipinski definition) is 9. The van der Waals surface area contributed by atoms with Crippen molar-refractivity contribution in [1.29, 1.82) is 0 Å². The summed E-state index contributed by atoms with van der Waals surface area (Å²) in [6.45, 7) is 11.1. The number of guanidine groups is 2. The first-order chi connectivity index (χ1) is 33.4. The summed E-state index contributed by atoms with van der Waals surface area (Å²) in [5, 5.41) is 13.9. The molecule has 1 aliphatic rings. The fraction of sp³-hybridized carbons (Fsp3) is 0.490. The summed E-state index contributed by atoms with van der Waals surface area (Å²) in [5.74, 6) is -5.04. The highest BCUT2D eigenvalue weighted by atomic mass is 16.5. The zero-order valence-corrected chi connectivity index (χ0v) is 41.2. The number of alkyl carbamates (subject to hydrolysis) is 1. The van der Waals surface area contributed by atoms with Gasteiger partial charge in [-0.2, -0.15) is 0 Å². The van der Waals surface area contributed by atoms with E-state index in [1.807, 2.05) is 99.6 Å². The topological polar surface area (TPSA) is 310 Å². The molecular formula is C51H73N11O8. The van der Waals surface area contributed by atoms with Gasteiger partial charge in [-0.25, -0.2) is 9.59 Å². The van der Waals surface area contributed by atoms with Gasteiger partial charge in [-0.3, -0.25) is 29.2 Å². The molecule has 0 bridgehead atoms. The van der Waals surface area contributed by atoms with Crippen LogP contribution in [0.1, 0.15) is 103 Å². The molecule has 0 aromatic heterocycles. The maximum absolute atomic E-state index is 14.3. The second-order valence-corrected chi connectivity index (χ2v) is 18.0. The number of hydrogen-bond acceptors (Lipinski definition) is 10. The molecule has 7 unspecified atom stereocenters. The number of carbonyl (C=O) groups is 6. The number of esters is 1. The van der Waals surface area contributed by atoms with E-state index >= 15 is 0 Å². The first-order valence-corrected chi connectivity index (χ1v) is 24.1. The van der Waals surface area contributed by atoms with Crippen molar-refractivity contribution < 1.29 is 38.2 Å². The van der Waals surface area contributed by atoms with Crippen molar-refractivity contribution in [2.24, 2.45) is 50.7 Å². The summed E-state index contributed by atoms with van der Waals surface area (Å²) in [5.41, 5.74) is 27.1. The zero-order chi connectivity index (χ0) is 51.3. The Hall–Kier alpha value is -7.18. The molecule has 4 rings (SSSR count). The summed E-state index contributed by atoms with van der Waals surface area (Å²) in [4.78, 5) is 91.6. The number of nitrogens with zero attached hydrogens (tertiary/aromatic N) is 2. The van der Waals surface area contributed by atoms with Crippen LogP contribution in [0, 0.1) is 17.8 Å². The molecule has 19 heteroatoms. The molecule has 0 saturated heterocycles. The lowest BCUT2D eigenvalue weighted by Crippen LogP contribution is -2.61. The number of carbonyl (C=O) groups excluding carboxylic acids is 6. The predicted molar refractivity (Wildman–Crippen MR) is 270 cm³/mol. The van der Waals surface area contributed by atoms with Gasteiger partial charge in [0, 0.05) is 19.0 Å². The van der Waals surface area contributed by atoms with Crippen LogP contribution in [0.2, 0.25) is 0 Å². The summed E-state index contributed by atoms with van der Waals surface area (Å²) in [6.07, 6.45) is 0.896. The van der Waals surface area contributed by atoms with Gasteiger partial charge in [-0.15, -0.1) is 0 Å². The first kappa shape index (κ1) is 55.4. The van der Waals surface area contributed by atoms with Gasteiger partial charge in [-0.1, -0.05) is 133 Å². The molecule has 0 saturated carbocycles. The Morgan fingerprint density at radius 2 is 1.01 bits per heavy atom. The van der Waals surface area contributed by atoms with E-state index < -0.39 is 77.7 Å². The molecule has 0 heterocycles. The molecule has 0 radical (unpaired) electrons. The highest BCUT2D eigenvalue weighted by Gasteiger charge is 2.37. The third kappa shape index (κ3) is 16.5. The van der Waals surface area contributed by atoms with E-state index in [0.717, 1.165) is 27.8 Å². The van der Waals surface area contributed by atoms with Crippen LogP contribution in [-0.2, 0) is 40.1 Å². The lowest BCUT2D eigenvalue weighted by atomic mass is 9.95. The van der Waals surface area contributed by atoms with E-state index in [1.165, 1.54) is 0 Å². The molecule has 0 spiro atoms. The van der Waals surface area contributed by atoms with Gasteiger partial charge in [0.2, 0.25) is 23.6 Å². The van der Waals surface area contributed by atoms with Crippen molar-refractivity contribution in [2.75, 3.05) is 19.7 Å². The summed E-state index contributed by atoms with van der Waals surface area (Å²) in [7, 11) is 0. The summed E-state index contributed by atoms with van der Waals surface area (Å²) in [6, 6.07) is 19.2. The fourth-order valence-electron chi connectivity index (χ4n) is 8.06. The number of fused-ring (bicyclic) bond motifs is 3. The smallest absolute Gasteiger partial charge is 0.407 e. The fourth-order valence-corrected chi connectivity index (χ4v) is 8.06. The van der Waals surface area contributed by atoms with Crippen molar-refractivity contribution >= 4 is 47.6 Å². The van der Waals surface area contributed by atoms with Gasteiger partial charge >= 0.3 is 12.1 Å². The second-order valence-electron chi connectivity index (χ2n) is 18.0. The standard InChI is InChI=1S/C51H73N11O8/c1-7-31(5)42(61-45(64)40(25-17-27-57-50(54)55)59-51(68)70-29-38-36-22-14-12-20-34(36)35-21-13-15-23-37(35)38)47(66)60-41(30(3)4)46(65)58-39(24-16-26-56-49(52)53)44(63)62-43(32(6)8-2)48(67)69-28-33-18-10-9-11-19-33/h9-15,18-23,30-32,38-43H,7-8,16-17,24-29H2,1-6H3,(H,58,65)(H,59,68)(H,60,66)(H,61,64)(H,62,63)(H4,52,53,56)(H4,54,55,57). The molecule has 7 atom stereocenters. The van der Waals surface area contributed by atoms with Crippen molar-refractivity contribution in [3.63, 3.8) is 0 Å². The van der Waals surface area contributed by atoms with E-state index in [4.69, 9.17) is 32.4 Å². The monoisotopic (exact) mass is 968 g/mol. The van der Waals surface area contributed by atoms with E-state index in [0.29, 0.717) is 19.3 Å². The minimum atomic E-state index is -1.18. The molecule has 380 valence electrons. The summed E-state index contributed by atoms with van der Waals surface area (Å²) >= 11 is 0. The van der Waals surface area contributed by atoms with Crippen LogP contribution in [0.3, 0.4) is 0 Å². The van der Waals surface area contributed by atoms with Crippen molar-refractivity contribution in [3.05, 3.63) is 95.6 Å². The van der Waals surface area contributed by atoms with Crippen molar-refractivity contribution in [2.45, 2.75) is 123 Å². The largest absolute Gasteiger partial charge is 0.459 e. The maximum Gasteiger partial charge on any atom is 0.407 e. The highest BCUT2D eigenvalue weighted by molar-refractivity contribution is 5.96. The lowest BCUT2D eigenvalue weighted by molar-refractivity contribution is -0.151. The van der Waals surface area contributed by atoms with E-state index in [9.17, 15) is 28.8 Å². The minimum Gasteiger partial charge on any atom is -0.459 e. The Kier molecular flexibility index (Phi) is 21.9. The molecule has 3 aromatic carbocycles. The molecule has 13 N–H and O–H groups in total. The van der Waals surface area contributed by atoms with Gasteiger partial charge in [0.25, 0.3) is 0 Å². The molecule has 1 aliphatic carbocycles. The van der Waals surface area contributed by atoms with Crippen LogP contribution in [0.15, 0.2) is 88.8 Å². The average Bonchev–Trinajstić information content (AvgIpc) is 3.66. The number of nitrogens with two attached hydrogens (primary N) is 4. The Morgan fingerprint density at radius 3 is 1.53 bits per heavy atom. The van der Waals surface area contributed by atoms with Crippen LogP contribution < -0.4 is 49.5 Å². The maximum atomic E-state index is 14.3. The molecule has 5 amide bonds.